The lowest BCUT2D eigenvalue weighted by molar-refractivity contribution is 0.0953. The molecule has 1 aromatic heterocycles. The van der Waals surface area contributed by atoms with Gasteiger partial charge in [0.05, 0.1) is 31.0 Å². The molecule has 0 saturated carbocycles. The maximum Gasteiger partial charge on any atom is 0.255 e. The molecule has 164 valence electrons. The van der Waals surface area contributed by atoms with Gasteiger partial charge < -0.3 is 14.8 Å². The summed E-state index contributed by atoms with van der Waals surface area (Å²) >= 11 is 0. The topological polar surface area (TPSA) is 65.4 Å². The van der Waals surface area contributed by atoms with Crippen LogP contribution >= 0.6 is 0 Å². The highest BCUT2D eigenvalue weighted by atomic mass is 16.5. The van der Waals surface area contributed by atoms with Crippen LogP contribution in [-0.4, -0.2) is 35.4 Å². The number of benzene rings is 2. The third-order valence-electron chi connectivity index (χ3n) is 5.09. The normalized spacial score (nSPS) is 10.7. The average Bonchev–Trinajstić information content (AvgIpc) is 3.03. The summed E-state index contributed by atoms with van der Waals surface area (Å²) in [7, 11) is 0. The Morgan fingerprint density at radius 1 is 0.968 bits per heavy atom. The number of nitrogens with zero attached hydrogens (tertiary/aromatic N) is 2. The molecule has 0 saturated heterocycles. The second-order valence-electron chi connectivity index (χ2n) is 7.34. The summed E-state index contributed by atoms with van der Waals surface area (Å²) in [6, 6.07) is 16.0. The number of ether oxygens (including phenoxy) is 2. The second kappa shape index (κ2) is 10.7. The highest BCUT2D eigenvalue weighted by molar-refractivity contribution is 5.96. The van der Waals surface area contributed by atoms with E-state index in [4.69, 9.17) is 9.47 Å². The Morgan fingerprint density at radius 3 is 2.39 bits per heavy atom. The summed E-state index contributed by atoms with van der Waals surface area (Å²) in [5, 5.41) is 7.61. The van der Waals surface area contributed by atoms with E-state index in [9.17, 15) is 4.79 Å². The van der Waals surface area contributed by atoms with Crippen LogP contribution in [-0.2, 0) is 13.0 Å². The Balaban J connectivity index is 1.63. The Bertz CT molecular complexity index is 1010. The predicted octanol–water partition coefficient (Wildman–Crippen LogP) is 4.32. The first kappa shape index (κ1) is 22.4. The van der Waals surface area contributed by atoms with E-state index >= 15 is 0 Å². The quantitative estimate of drug-likeness (QED) is 0.530. The lowest BCUT2D eigenvalue weighted by Gasteiger charge is -2.13. The van der Waals surface area contributed by atoms with Gasteiger partial charge in [-0.25, -0.2) is 0 Å². The summed E-state index contributed by atoms with van der Waals surface area (Å²) in [5.41, 5.74) is 4.50. The zero-order chi connectivity index (χ0) is 22.2. The van der Waals surface area contributed by atoms with Crippen LogP contribution in [0.15, 0.2) is 48.5 Å². The van der Waals surface area contributed by atoms with Crippen molar-refractivity contribution in [3.8, 4) is 11.5 Å². The van der Waals surface area contributed by atoms with E-state index in [1.807, 2.05) is 68.8 Å². The van der Waals surface area contributed by atoms with Crippen molar-refractivity contribution in [1.82, 2.24) is 15.1 Å². The third-order valence-corrected chi connectivity index (χ3v) is 5.09. The maximum absolute atomic E-state index is 12.8. The van der Waals surface area contributed by atoms with Crippen LogP contribution in [0.25, 0.3) is 0 Å². The predicted molar refractivity (Wildman–Crippen MR) is 122 cm³/mol. The fourth-order valence-electron chi connectivity index (χ4n) is 3.60. The number of nitrogens with one attached hydrogen (secondary N) is 1. The highest BCUT2D eigenvalue weighted by Gasteiger charge is 2.18. The maximum atomic E-state index is 12.8. The number of aryl methyl sites for hydroxylation is 1. The molecule has 31 heavy (non-hydrogen) atoms. The Labute approximate surface area is 184 Å². The van der Waals surface area contributed by atoms with Crippen molar-refractivity contribution in [3.05, 3.63) is 76.6 Å². The van der Waals surface area contributed by atoms with Crippen molar-refractivity contribution in [2.75, 3.05) is 19.8 Å². The number of carbonyl (C=O) groups is 1. The summed E-state index contributed by atoms with van der Waals surface area (Å²) in [6.45, 7) is 10.1. The molecule has 6 nitrogen and oxygen atoms in total. The van der Waals surface area contributed by atoms with Crippen LogP contribution in [0.5, 0.6) is 11.5 Å². The molecule has 1 amide bonds. The lowest BCUT2D eigenvalue weighted by Crippen LogP contribution is -2.26. The fraction of sp³-hybridized carbons (Fsp3) is 0.360. The van der Waals surface area contributed by atoms with E-state index in [1.54, 1.807) is 0 Å². The molecule has 3 rings (SSSR count). The Kier molecular flexibility index (Phi) is 7.70. The SMILES string of the molecule is CCOc1ccc(CCNC(=O)c2c(C)nn(Cc3ccccc3)c2C)cc1OCC. The number of amides is 1. The first-order valence-electron chi connectivity index (χ1n) is 10.8. The van der Waals surface area contributed by atoms with E-state index in [2.05, 4.69) is 22.5 Å². The standard InChI is InChI=1S/C25H31N3O3/c1-5-30-22-13-12-20(16-23(22)31-6-2)14-15-26-25(29)24-18(3)27-28(19(24)4)17-21-10-8-7-9-11-21/h7-13,16H,5-6,14-15,17H2,1-4H3,(H,26,29). The van der Waals surface area contributed by atoms with Crippen LogP contribution in [0.3, 0.4) is 0 Å². The van der Waals surface area contributed by atoms with Crippen molar-refractivity contribution in [1.29, 1.82) is 0 Å². The van der Waals surface area contributed by atoms with Gasteiger partial charge in [-0.05, 0) is 57.4 Å². The molecule has 0 fully saturated rings. The molecule has 0 spiro atoms. The van der Waals surface area contributed by atoms with Crippen LogP contribution in [0.1, 0.15) is 46.7 Å². The molecule has 0 aliphatic heterocycles. The smallest absolute Gasteiger partial charge is 0.255 e. The number of carbonyl (C=O) groups excluding carboxylic acids is 1. The van der Waals surface area contributed by atoms with Gasteiger partial charge in [-0.2, -0.15) is 5.10 Å². The van der Waals surface area contributed by atoms with Crippen molar-refractivity contribution < 1.29 is 14.3 Å². The van der Waals surface area contributed by atoms with Gasteiger partial charge in [-0.1, -0.05) is 36.4 Å². The van der Waals surface area contributed by atoms with E-state index < -0.39 is 0 Å². The molecule has 1 N–H and O–H groups in total. The zero-order valence-electron chi connectivity index (χ0n) is 18.8. The van der Waals surface area contributed by atoms with E-state index in [-0.39, 0.29) is 5.91 Å². The van der Waals surface area contributed by atoms with Gasteiger partial charge >= 0.3 is 0 Å². The van der Waals surface area contributed by atoms with Crippen LogP contribution < -0.4 is 14.8 Å². The van der Waals surface area contributed by atoms with Crippen LogP contribution in [0.4, 0.5) is 0 Å². The second-order valence-corrected chi connectivity index (χ2v) is 7.34. The van der Waals surface area contributed by atoms with E-state index in [1.165, 1.54) is 0 Å². The summed E-state index contributed by atoms with van der Waals surface area (Å²) in [4.78, 5) is 12.8. The molecule has 0 aliphatic rings. The summed E-state index contributed by atoms with van der Waals surface area (Å²) < 4.78 is 13.2. The molecule has 3 aromatic rings. The van der Waals surface area contributed by atoms with Crippen LogP contribution in [0, 0.1) is 13.8 Å². The fourth-order valence-corrected chi connectivity index (χ4v) is 3.60. The molecule has 2 aromatic carbocycles. The molecule has 0 unspecified atom stereocenters. The largest absolute Gasteiger partial charge is 0.490 e. The van der Waals surface area contributed by atoms with Gasteiger partial charge in [0.25, 0.3) is 5.91 Å². The van der Waals surface area contributed by atoms with Gasteiger partial charge in [0.2, 0.25) is 0 Å². The van der Waals surface area contributed by atoms with Gasteiger partial charge in [-0.3, -0.25) is 9.48 Å². The van der Waals surface area contributed by atoms with Crippen molar-refractivity contribution in [3.63, 3.8) is 0 Å². The Morgan fingerprint density at radius 2 is 1.68 bits per heavy atom. The Hall–Kier alpha value is -3.28. The summed E-state index contributed by atoms with van der Waals surface area (Å²) in [5.74, 6) is 1.39. The zero-order valence-corrected chi connectivity index (χ0v) is 18.8. The van der Waals surface area contributed by atoms with Gasteiger partial charge in [0, 0.05) is 12.2 Å². The first-order valence-corrected chi connectivity index (χ1v) is 10.8. The molecule has 0 aliphatic carbocycles. The molecule has 0 radical (unpaired) electrons. The molecular formula is C25H31N3O3. The molecule has 0 atom stereocenters. The average molecular weight is 422 g/mol. The van der Waals surface area contributed by atoms with Gasteiger partial charge in [0.15, 0.2) is 11.5 Å². The van der Waals surface area contributed by atoms with Gasteiger partial charge in [0.1, 0.15) is 0 Å². The molecule has 0 bridgehead atoms. The molecular weight excluding hydrogens is 390 g/mol. The van der Waals surface area contributed by atoms with Gasteiger partial charge in [-0.15, -0.1) is 0 Å². The first-order chi connectivity index (χ1) is 15.0. The monoisotopic (exact) mass is 421 g/mol. The van der Waals surface area contributed by atoms with Crippen molar-refractivity contribution in [2.45, 2.75) is 40.7 Å². The van der Waals surface area contributed by atoms with E-state index in [0.717, 1.165) is 34.0 Å². The molecule has 1 heterocycles. The number of hydrogen-bond donors (Lipinski definition) is 1. The minimum atomic E-state index is -0.0923. The molecule has 6 heteroatoms. The number of aromatic nitrogens is 2. The van der Waals surface area contributed by atoms with Crippen molar-refractivity contribution >= 4 is 5.91 Å². The minimum absolute atomic E-state index is 0.0923. The lowest BCUT2D eigenvalue weighted by atomic mass is 10.1. The van der Waals surface area contributed by atoms with E-state index in [0.29, 0.717) is 38.3 Å². The van der Waals surface area contributed by atoms with Crippen molar-refractivity contribution in [2.24, 2.45) is 0 Å². The minimum Gasteiger partial charge on any atom is -0.490 e. The summed E-state index contributed by atoms with van der Waals surface area (Å²) in [6.07, 6.45) is 0.703. The highest BCUT2D eigenvalue weighted by Crippen LogP contribution is 2.28. The third kappa shape index (κ3) is 5.66. The number of rotatable bonds is 10. The number of hydrogen-bond acceptors (Lipinski definition) is 4. The van der Waals surface area contributed by atoms with Crippen LogP contribution in [0.2, 0.25) is 0 Å².